The first-order valence-corrected chi connectivity index (χ1v) is 7.98. The van der Waals surface area contributed by atoms with E-state index in [0.29, 0.717) is 0 Å². The van der Waals surface area contributed by atoms with Crippen LogP contribution in [0, 0.1) is 0 Å². The van der Waals surface area contributed by atoms with Crippen molar-refractivity contribution in [1.29, 1.82) is 0 Å². The predicted molar refractivity (Wildman–Crippen MR) is 52.9 cm³/mol. The predicted octanol–water partition coefficient (Wildman–Crippen LogP) is -4.25. The second kappa shape index (κ2) is 19.1. The molecule has 0 aromatic rings. The molecule has 0 spiro atoms. The van der Waals surface area contributed by atoms with Gasteiger partial charge in [-0.05, 0) is 13.7 Å². The fraction of sp³-hybridized carbons (Fsp3) is 0. The Balaban J connectivity index is -0.0000000853. The van der Waals surface area contributed by atoms with Crippen molar-refractivity contribution in [3.63, 3.8) is 0 Å². The Morgan fingerprint density at radius 1 is 0.750 bits per heavy atom. The molecule has 0 fully saturated rings. The second-order valence-corrected chi connectivity index (χ2v) is 4.50. The molecule has 0 bridgehead atoms. The molecule has 0 aliphatic carbocycles. The molecule has 0 radical (unpaired) electrons. The largest absolute Gasteiger partial charge is 0.565 e. The van der Waals surface area contributed by atoms with Crippen LogP contribution in [0.3, 0.4) is 0 Å². The molecular formula is H9N3O13P4. The maximum absolute atomic E-state index is 9.06. The van der Waals surface area contributed by atoms with Crippen LogP contribution in [0.25, 0.3) is 0 Å². The van der Waals surface area contributed by atoms with Gasteiger partial charge in [-0.25, -0.2) is 4.57 Å². The van der Waals surface area contributed by atoms with Crippen LogP contribution < -0.4 is 32.4 Å². The van der Waals surface area contributed by atoms with Crippen LogP contribution >= 0.6 is 32.6 Å². The smallest absolute Gasteiger partial charge is 0.507 e. The zero-order chi connectivity index (χ0) is 17.4. The summed E-state index contributed by atoms with van der Waals surface area (Å²) in [5.41, 5.74) is 0. The molecule has 0 aliphatic heterocycles. The number of hydrogen-bond acceptors (Lipinski definition) is 13. The van der Waals surface area contributed by atoms with Gasteiger partial charge in [0, 0.05) is 0 Å². The van der Waals surface area contributed by atoms with E-state index in [-0.39, 0.29) is 0 Å². The maximum Gasteiger partial charge on any atom is 0.507 e. The molecule has 16 nitrogen and oxygen atoms in total. The van der Waals surface area contributed by atoms with E-state index in [1.165, 1.54) is 0 Å². The van der Waals surface area contributed by atoms with Gasteiger partial charge >= 0.3 is 32.6 Å². The molecule has 0 aromatic carbocycles. The van der Waals surface area contributed by atoms with Gasteiger partial charge in [0.1, 0.15) is 0 Å². The number of nitrogens with two attached hydrogens (primary N) is 3. The summed E-state index contributed by atoms with van der Waals surface area (Å²) in [5.74, 6) is 12.2. The Labute approximate surface area is 113 Å². The average molecular weight is 383 g/mol. The lowest BCUT2D eigenvalue weighted by atomic mass is 13.6. The normalized spacial score (nSPS) is 11.3. The van der Waals surface area contributed by atoms with Crippen LogP contribution in [0.15, 0.2) is 0 Å². The topological polar surface area (TPSA) is 304 Å². The van der Waals surface area contributed by atoms with Crippen molar-refractivity contribution < 1.29 is 61.5 Å². The molecule has 122 valence electrons. The molecule has 0 amide bonds. The van der Waals surface area contributed by atoms with E-state index in [4.69, 9.17) is 47.6 Å². The van der Waals surface area contributed by atoms with E-state index in [2.05, 4.69) is 31.6 Å². The summed E-state index contributed by atoms with van der Waals surface area (Å²) in [7, 11) is -13.1. The number of phosphoric acid groups is 1. The van der Waals surface area contributed by atoms with Crippen molar-refractivity contribution in [1.82, 2.24) is 0 Å². The lowest BCUT2D eigenvalue weighted by Crippen LogP contribution is -1.95. The highest BCUT2D eigenvalue weighted by atomic mass is 31.2. The van der Waals surface area contributed by atoms with Gasteiger partial charge < -0.3 is 29.4 Å². The third kappa shape index (κ3) is 143. The van der Waals surface area contributed by atoms with Gasteiger partial charge in [-0.2, -0.15) is 17.7 Å². The van der Waals surface area contributed by atoms with Gasteiger partial charge in [-0.3, -0.25) is 0 Å². The second-order valence-electron chi connectivity index (χ2n) is 1.50. The van der Waals surface area contributed by atoms with Crippen molar-refractivity contribution in [2.24, 2.45) is 17.7 Å². The van der Waals surface area contributed by atoms with Crippen LogP contribution in [0.1, 0.15) is 0 Å². The first-order valence-electron chi connectivity index (χ1n) is 3.13. The van der Waals surface area contributed by atoms with E-state index in [1.54, 1.807) is 0 Å². The molecule has 20 heteroatoms. The minimum absolute atomic E-state index is 2.82. The van der Waals surface area contributed by atoms with Crippen molar-refractivity contribution in [3.8, 4) is 0 Å². The van der Waals surface area contributed by atoms with Crippen molar-refractivity contribution >= 4 is 32.6 Å². The summed E-state index contributed by atoms with van der Waals surface area (Å²) in [6.45, 7) is 0. The zero-order valence-corrected chi connectivity index (χ0v) is 12.5. The fourth-order valence-electron chi connectivity index (χ4n) is 0. The van der Waals surface area contributed by atoms with Crippen LogP contribution in [0.4, 0.5) is 0 Å². The number of hydrogen-bond donors (Lipinski definition) is 6. The minimum atomic E-state index is -4.64. The zero-order valence-electron chi connectivity index (χ0n) is 8.95. The first-order chi connectivity index (χ1) is 8.81. The summed E-state index contributed by atoms with van der Waals surface area (Å²) in [5, 5.41) is 0. The van der Waals surface area contributed by atoms with Gasteiger partial charge in [-0.15, -0.1) is 0 Å². The third-order valence-electron chi connectivity index (χ3n) is 0.258. The molecule has 3 unspecified atom stereocenters. The van der Waals surface area contributed by atoms with Gasteiger partial charge in [-0.1, -0.05) is 13.9 Å². The van der Waals surface area contributed by atoms with Gasteiger partial charge in [0.25, 0.3) is 0 Å². The lowest BCUT2D eigenvalue weighted by molar-refractivity contribution is -0.187. The first kappa shape index (κ1) is 28.2. The maximum atomic E-state index is 9.06. The molecule has 9 N–H and O–H groups in total. The third-order valence-corrected chi connectivity index (χ3v) is 0.775. The molecule has 0 saturated heterocycles. The van der Waals surface area contributed by atoms with E-state index >= 15 is 0 Å². The van der Waals surface area contributed by atoms with E-state index in [9.17, 15) is 0 Å². The van der Waals surface area contributed by atoms with Crippen molar-refractivity contribution in [2.45, 2.75) is 0 Å². The van der Waals surface area contributed by atoms with E-state index in [0.717, 1.165) is 0 Å². The summed E-state index contributed by atoms with van der Waals surface area (Å²) in [4.78, 5) is 48.7. The van der Waals surface area contributed by atoms with Crippen molar-refractivity contribution in [2.75, 3.05) is 0 Å². The van der Waals surface area contributed by atoms with Gasteiger partial charge in [0.2, 0.25) is 0 Å². The highest BCUT2D eigenvalue weighted by Crippen LogP contribution is 2.25. The molecule has 0 rings (SSSR count). The lowest BCUT2D eigenvalue weighted by Gasteiger charge is -1.82. The van der Waals surface area contributed by atoms with Crippen LogP contribution in [0.2, 0.25) is 0 Å². The summed E-state index contributed by atoms with van der Waals surface area (Å²) >= 11 is 0. The Kier molecular flexibility index (Phi) is 26.9. The summed E-state index contributed by atoms with van der Waals surface area (Å²) in [6, 6.07) is 0. The molecule has 0 heterocycles. The molecule has 3 atom stereocenters. The Bertz CT molecular complexity index is 267. The highest BCUT2D eigenvalue weighted by Gasteiger charge is 2.00. The molecular weight excluding hydrogens is 374 g/mol. The van der Waals surface area contributed by atoms with Gasteiger partial charge in [0.15, 0.2) is 0 Å². The fourth-order valence-corrected chi connectivity index (χ4v) is 0. The minimum Gasteiger partial charge on any atom is -0.565 e. The monoisotopic (exact) mass is 383 g/mol. The van der Waals surface area contributed by atoms with Gasteiger partial charge in [0.05, 0.1) is 0 Å². The Morgan fingerprint density at radius 2 is 0.800 bits per heavy atom. The quantitative estimate of drug-likeness (QED) is 0.198. The van der Waals surface area contributed by atoms with E-state index in [1.807, 2.05) is 0 Å². The number of rotatable bonds is 3. The van der Waals surface area contributed by atoms with Crippen LogP contribution in [0.5, 0.6) is 0 Å². The van der Waals surface area contributed by atoms with E-state index < -0.39 is 32.6 Å². The highest BCUT2D eigenvalue weighted by molar-refractivity contribution is 7.45. The summed E-state index contributed by atoms with van der Waals surface area (Å²) < 4.78 is 45.7. The Morgan fingerprint density at radius 3 is 0.800 bits per heavy atom. The molecule has 20 heavy (non-hydrogen) atoms. The van der Waals surface area contributed by atoms with Crippen molar-refractivity contribution in [3.05, 3.63) is 0 Å². The summed E-state index contributed by atoms with van der Waals surface area (Å²) in [6.07, 6.45) is 0. The van der Waals surface area contributed by atoms with Crippen LogP contribution in [-0.4, -0.2) is 14.7 Å². The Hall–Kier alpha value is 0.0500. The molecule has 0 saturated carbocycles. The molecule has 0 aromatic heterocycles. The molecule has 0 aliphatic rings. The average Bonchev–Trinajstić information content (AvgIpc) is 2.28. The SMILES string of the molecule is NO[P+](=O)[O-].NO[P+](=O)[O-].NO[P+](=O)[O-].O=P(O)(O)O. The standard InChI is InChI=1S/3H2NO3P.H3O4P/c3*1-4-5(2)3;1-5(2,3)4/h3*1H2;(H3,1,2,3,4). The van der Waals surface area contributed by atoms with Crippen LogP contribution in [-0.2, 0) is 32.1 Å².